The predicted molar refractivity (Wildman–Crippen MR) is 57.0 cm³/mol. The molecule has 0 aliphatic heterocycles. The van der Waals surface area contributed by atoms with Crippen molar-refractivity contribution in [2.75, 3.05) is 0 Å². The monoisotopic (exact) mass is 241 g/mol. The van der Waals surface area contributed by atoms with Crippen molar-refractivity contribution in [1.82, 2.24) is 8.75 Å². The van der Waals surface area contributed by atoms with Gasteiger partial charge in [-0.05, 0) is 0 Å². The van der Waals surface area contributed by atoms with Gasteiger partial charge >= 0.3 is 0 Å². The Morgan fingerprint density at radius 3 is 2.80 bits per heavy atom. The lowest BCUT2D eigenvalue weighted by atomic mass is 10.1. The molecule has 15 heavy (non-hydrogen) atoms. The van der Waals surface area contributed by atoms with E-state index in [-0.39, 0.29) is 10.8 Å². The van der Waals surface area contributed by atoms with Gasteiger partial charge in [0.1, 0.15) is 5.69 Å². The van der Waals surface area contributed by atoms with Crippen LogP contribution in [0, 0.1) is 10.1 Å². The highest BCUT2D eigenvalue weighted by Crippen LogP contribution is 2.27. The SMILES string of the molecule is O=[N+]([O-])c1cccc(-c2nsnc2Cl)c1. The summed E-state index contributed by atoms with van der Waals surface area (Å²) in [5.74, 6) is 0. The van der Waals surface area contributed by atoms with Gasteiger partial charge in [0, 0.05) is 17.7 Å². The molecule has 7 heteroatoms. The van der Waals surface area contributed by atoms with E-state index in [1.54, 1.807) is 12.1 Å². The Morgan fingerprint density at radius 1 is 1.40 bits per heavy atom. The van der Waals surface area contributed by atoms with Crippen molar-refractivity contribution in [2.24, 2.45) is 0 Å². The van der Waals surface area contributed by atoms with E-state index in [9.17, 15) is 10.1 Å². The van der Waals surface area contributed by atoms with Crippen LogP contribution in [0.25, 0.3) is 11.3 Å². The second-order valence-corrected chi connectivity index (χ2v) is 3.60. The van der Waals surface area contributed by atoms with Gasteiger partial charge in [0.05, 0.1) is 16.7 Å². The molecule has 0 unspecified atom stereocenters. The van der Waals surface area contributed by atoms with Crippen LogP contribution in [0.5, 0.6) is 0 Å². The molecule has 0 aliphatic rings. The number of nitro benzene ring substituents is 1. The first-order valence-electron chi connectivity index (χ1n) is 3.91. The minimum absolute atomic E-state index is 0.0107. The Balaban J connectivity index is 2.50. The molecule has 0 spiro atoms. The van der Waals surface area contributed by atoms with Gasteiger partial charge < -0.3 is 0 Å². The van der Waals surface area contributed by atoms with E-state index in [4.69, 9.17) is 11.6 Å². The number of hydrogen-bond acceptors (Lipinski definition) is 5. The van der Waals surface area contributed by atoms with Crippen molar-refractivity contribution in [2.45, 2.75) is 0 Å². The normalized spacial score (nSPS) is 10.2. The molecule has 1 aromatic heterocycles. The molecule has 5 nitrogen and oxygen atoms in total. The number of halogens is 1. The summed E-state index contributed by atoms with van der Waals surface area (Å²) in [6, 6.07) is 6.12. The number of hydrogen-bond donors (Lipinski definition) is 0. The molecule has 2 aromatic rings. The first-order valence-corrected chi connectivity index (χ1v) is 5.02. The second kappa shape index (κ2) is 3.92. The molecule has 1 aromatic carbocycles. The largest absolute Gasteiger partial charge is 0.270 e. The Labute approximate surface area is 93.8 Å². The van der Waals surface area contributed by atoms with Gasteiger partial charge in [0.15, 0.2) is 5.15 Å². The third-order valence-corrected chi connectivity index (χ3v) is 2.67. The summed E-state index contributed by atoms with van der Waals surface area (Å²) in [6.45, 7) is 0. The van der Waals surface area contributed by atoms with Crippen LogP contribution in [-0.2, 0) is 0 Å². The third kappa shape index (κ3) is 1.95. The van der Waals surface area contributed by atoms with Crippen molar-refractivity contribution >= 4 is 29.0 Å². The summed E-state index contributed by atoms with van der Waals surface area (Å²) in [5.41, 5.74) is 1.09. The second-order valence-electron chi connectivity index (χ2n) is 2.71. The van der Waals surface area contributed by atoms with E-state index in [0.717, 1.165) is 11.7 Å². The molecule has 0 amide bonds. The molecule has 0 atom stereocenters. The van der Waals surface area contributed by atoms with E-state index < -0.39 is 4.92 Å². The lowest BCUT2D eigenvalue weighted by molar-refractivity contribution is -0.384. The lowest BCUT2D eigenvalue weighted by Gasteiger charge is -1.96. The standard InChI is InChI=1S/C8H4ClN3O2S/c9-8-7(10-15-11-8)5-2-1-3-6(4-5)12(13)14/h1-4H. The zero-order valence-electron chi connectivity index (χ0n) is 7.25. The minimum Gasteiger partial charge on any atom is -0.258 e. The lowest BCUT2D eigenvalue weighted by Crippen LogP contribution is -1.88. The average molecular weight is 242 g/mol. The number of nitrogens with zero attached hydrogens (tertiary/aromatic N) is 3. The Morgan fingerprint density at radius 2 is 2.20 bits per heavy atom. The van der Waals surface area contributed by atoms with Gasteiger partial charge in [-0.25, -0.2) is 0 Å². The van der Waals surface area contributed by atoms with Crippen LogP contribution < -0.4 is 0 Å². The van der Waals surface area contributed by atoms with E-state index in [2.05, 4.69) is 8.75 Å². The summed E-state index contributed by atoms with van der Waals surface area (Å²) in [5, 5.41) is 10.8. The molecule has 0 radical (unpaired) electrons. The molecule has 0 N–H and O–H groups in total. The zero-order chi connectivity index (χ0) is 10.8. The van der Waals surface area contributed by atoms with Crippen LogP contribution >= 0.6 is 23.3 Å². The first kappa shape index (κ1) is 10.0. The minimum atomic E-state index is -0.461. The summed E-state index contributed by atoms with van der Waals surface area (Å²) < 4.78 is 7.76. The molecule has 0 saturated heterocycles. The van der Waals surface area contributed by atoms with Gasteiger partial charge in [-0.15, -0.1) is 0 Å². The van der Waals surface area contributed by atoms with E-state index in [0.29, 0.717) is 11.3 Å². The van der Waals surface area contributed by atoms with Crippen molar-refractivity contribution in [3.8, 4) is 11.3 Å². The fourth-order valence-corrected chi connectivity index (χ4v) is 1.88. The molecule has 0 aliphatic carbocycles. The van der Waals surface area contributed by atoms with Crippen LogP contribution in [-0.4, -0.2) is 13.7 Å². The van der Waals surface area contributed by atoms with Crippen molar-refractivity contribution < 1.29 is 4.92 Å². The number of aromatic nitrogens is 2. The quantitative estimate of drug-likeness (QED) is 0.599. The van der Waals surface area contributed by atoms with Crippen molar-refractivity contribution in [1.29, 1.82) is 0 Å². The highest BCUT2D eigenvalue weighted by atomic mass is 35.5. The molecule has 76 valence electrons. The number of nitro groups is 1. The molecular formula is C8H4ClN3O2S. The summed E-state index contributed by atoms with van der Waals surface area (Å²) in [4.78, 5) is 10.1. The van der Waals surface area contributed by atoms with Crippen LogP contribution in [0.15, 0.2) is 24.3 Å². The van der Waals surface area contributed by atoms with Gasteiger partial charge in [-0.2, -0.15) is 8.75 Å². The molecule has 1 heterocycles. The summed E-state index contributed by atoms with van der Waals surface area (Å²) >= 11 is 6.75. The first-order chi connectivity index (χ1) is 7.18. The maximum Gasteiger partial charge on any atom is 0.270 e. The zero-order valence-corrected chi connectivity index (χ0v) is 8.83. The predicted octanol–water partition coefficient (Wildman–Crippen LogP) is 2.77. The Hall–Kier alpha value is -1.53. The summed E-state index contributed by atoms with van der Waals surface area (Å²) in [7, 11) is 0. The van der Waals surface area contributed by atoms with Crippen molar-refractivity contribution in [3.63, 3.8) is 0 Å². The fraction of sp³-hybridized carbons (Fsp3) is 0. The molecular weight excluding hydrogens is 238 g/mol. The van der Waals surface area contributed by atoms with Crippen LogP contribution in [0.3, 0.4) is 0 Å². The van der Waals surface area contributed by atoms with E-state index >= 15 is 0 Å². The van der Waals surface area contributed by atoms with E-state index in [1.807, 2.05) is 0 Å². The van der Waals surface area contributed by atoms with Gasteiger partial charge in [-0.3, -0.25) is 10.1 Å². The van der Waals surface area contributed by atoms with Gasteiger partial charge in [0.25, 0.3) is 5.69 Å². The smallest absolute Gasteiger partial charge is 0.258 e. The Kier molecular flexibility index (Phi) is 2.61. The maximum absolute atomic E-state index is 10.5. The Bertz CT molecular complexity index is 514. The van der Waals surface area contributed by atoms with Crippen LogP contribution in [0.1, 0.15) is 0 Å². The number of benzene rings is 1. The van der Waals surface area contributed by atoms with Gasteiger partial charge in [0.2, 0.25) is 0 Å². The van der Waals surface area contributed by atoms with Crippen LogP contribution in [0.2, 0.25) is 5.15 Å². The van der Waals surface area contributed by atoms with Crippen molar-refractivity contribution in [3.05, 3.63) is 39.5 Å². The fourth-order valence-electron chi connectivity index (χ4n) is 1.12. The molecule has 2 rings (SSSR count). The molecule has 0 saturated carbocycles. The highest BCUT2D eigenvalue weighted by molar-refractivity contribution is 6.99. The van der Waals surface area contributed by atoms with E-state index in [1.165, 1.54) is 12.1 Å². The third-order valence-electron chi connectivity index (χ3n) is 1.78. The summed E-state index contributed by atoms with van der Waals surface area (Å²) in [6.07, 6.45) is 0. The topological polar surface area (TPSA) is 68.9 Å². The average Bonchev–Trinajstić information content (AvgIpc) is 2.64. The maximum atomic E-state index is 10.5. The molecule has 0 bridgehead atoms. The van der Waals surface area contributed by atoms with Crippen LogP contribution in [0.4, 0.5) is 5.69 Å². The number of non-ortho nitro benzene ring substituents is 1. The molecule has 0 fully saturated rings. The highest BCUT2D eigenvalue weighted by Gasteiger charge is 2.12. The van der Waals surface area contributed by atoms with Gasteiger partial charge in [-0.1, -0.05) is 23.7 Å². The number of rotatable bonds is 2.